The molecule has 0 amide bonds. The van der Waals surface area contributed by atoms with Crippen molar-refractivity contribution in [2.45, 2.75) is 55.2 Å². The van der Waals surface area contributed by atoms with E-state index in [0.717, 1.165) is 25.8 Å². The minimum Gasteiger partial charge on any atom is -0.480 e. The summed E-state index contributed by atoms with van der Waals surface area (Å²) in [5, 5.41) is 13.2. The fourth-order valence-electron chi connectivity index (χ4n) is 2.76. The first-order valence-corrected chi connectivity index (χ1v) is 8.16. The van der Waals surface area contributed by atoms with Gasteiger partial charge in [-0.3, -0.25) is 4.79 Å². The predicted molar refractivity (Wildman–Crippen MR) is 83.3 cm³/mol. The number of benzene rings is 1. The second-order valence-electron chi connectivity index (χ2n) is 5.56. The normalized spacial score (nSPS) is 25.8. The molecular formula is C16H23NO2S. The molecule has 0 bridgehead atoms. The molecule has 20 heavy (non-hydrogen) atoms. The van der Waals surface area contributed by atoms with Gasteiger partial charge in [0, 0.05) is 10.1 Å². The molecule has 2 rings (SSSR count). The summed E-state index contributed by atoms with van der Waals surface area (Å²) in [5.74, 6) is -0.696. The van der Waals surface area contributed by atoms with Gasteiger partial charge >= 0.3 is 5.97 Å². The minimum absolute atomic E-state index is 0.386. The van der Waals surface area contributed by atoms with Crippen molar-refractivity contribution in [3.8, 4) is 0 Å². The summed E-state index contributed by atoms with van der Waals surface area (Å²) in [4.78, 5) is 12.9. The van der Waals surface area contributed by atoms with Crippen LogP contribution in [0.25, 0.3) is 0 Å². The molecule has 0 radical (unpaired) electrons. The smallest absolute Gasteiger partial charge is 0.323 e. The lowest BCUT2D eigenvalue weighted by atomic mass is 9.98. The van der Waals surface area contributed by atoms with E-state index < -0.39 is 11.5 Å². The van der Waals surface area contributed by atoms with E-state index in [1.54, 1.807) is 0 Å². The van der Waals surface area contributed by atoms with Crippen molar-refractivity contribution >= 4 is 17.7 Å². The highest BCUT2D eigenvalue weighted by atomic mass is 32.2. The lowest BCUT2D eigenvalue weighted by Gasteiger charge is -2.26. The molecule has 0 spiro atoms. The Morgan fingerprint density at radius 3 is 2.90 bits per heavy atom. The van der Waals surface area contributed by atoms with Crippen molar-refractivity contribution in [3.63, 3.8) is 0 Å². The number of carboxylic acid groups (broad SMARTS) is 1. The Labute approximate surface area is 125 Å². The van der Waals surface area contributed by atoms with Crippen molar-refractivity contribution in [3.05, 3.63) is 29.8 Å². The van der Waals surface area contributed by atoms with Gasteiger partial charge in [-0.1, -0.05) is 25.1 Å². The quantitative estimate of drug-likeness (QED) is 0.843. The van der Waals surface area contributed by atoms with Gasteiger partial charge in [-0.15, -0.1) is 11.8 Å². The van der Waals surface area contributed by atoms with Gasteiger partial charge in [-0.2, -0.15) is 0 Å². The zero-order chi connectivity index (χ0) is 14.6. The van der Waals surface area contributed by atoms with Gasteiger partial charge in [0.05, 0.1) is 0 Å². The number of rotatable bonds is 6. The van der Waals surface area contributed by atoms with E-state index in [-0.39, 0.29) is 0 Å². The zero-order valence-corrected chi connectivity index (χ0v) is 13.0. The third kappa shape index (κ3) is 3.36. The van der Waals surface area contributed by atoms with Crippen molar-refractivity contribution in [1.82, 2.24) is 5.32 Å². The van der Waals surface area contributed by atoms with Crippen LogP contribution in [0.2, 0.25) is 0 Å². The van der Waals surface area contributed by atoms with Gasteiger partial charge in [0.25, 0.3) is 0 Å². The molecule has 1 aromatic carbocycles. The molecule has 1 aliphatic rings. The molecule has 1 saturated carbocycles. The predicted octanol–water partition coefficient (Wildman–Crippen LogP) is 3.46. The van der Waals surface area contributed by atoms with Crippen molar-refractivity contribution in [1.29, 1.82) is 0 Å². The fourth-order valence-corrected chi connectivity index (χ4v) is 4.14. The van der Waals surface area contributed by atoms with Gasteiger partial charge in [0.15, 0.2) is 0 Å². The highest BCUT2D eigenvalue weighted by molar-refractivity contribution is 8.00. The Morgan fingerprint density at radius 1 is 1.50 bits per heavy atom. The van der Waals surface area contributed by atoms with Crippen LogP contribution in [0.15, 0.2) is 29.2 Å². The molecule has 2 atom stereocenters. The van der Waals surface area contributed by atoms with Gasteiger partial charge in [0.2, 0.25) is 0 Å². The Kier molecular flexibility index (Phi) is 5.11. The summed E-state index contributed by atoms with van der Waals surface area (Å²) < 4.78 is 0. The van der Waals surface area contributed by atoms with E-state index in [1.807, 2.05) is 23.9 Å². The standard InChI is InChI=1S/C16H23NO2S/c1-3-10-17-16(15(18)19)9-8-13(11-16)20-14-7-5-4-6-12(14)2/h4-7,13,17H,3,8-11H2,1-2H3,(H,18,19). The summed E-state index contributed by atoms with van der Waals surface area (Å²) in [6.07, 6.45) is 3.36. The number of hydrogen-bond donors (Lipinski definition) is 2. The molecule has 1 fully saturated rings. The summed E-state index contributed by atoms with van der Waals surface area (Å²) in [6, 6.07) is 8.32. The number of carbonyl (C=O) groups is 1. The number of aryl methyl sites for hydroxylation is 1. The van der Waals surface area contributed by atoms with Crippen LogP contribution in [-0.2, 0) is 4.79 Å². The molecule has 0 heterocycles. The molecule has 1 aromatic rings. The lowest BCUT2D eigenvalue weighted by molar-refractivity contribution is -0.144. The number of thioether (sulfide) groups is 1. The molecule has 110 valence electrons. The van der Waals surface area contributed by atoms with Crippen molar-refractivity contribution in [2.75, 3.05) is 6.54 Å². The van der Waals surface area contributed by atoms with Crippen molar-refractivity contribution in [2.24, 2.45) is 0 Å². The fraction of sp³-hybridized carbons (Fsp3) is 0.562. The summed E-state index contributed by atoms with van der Waals surface area (Å²) in [6.45, 7) is 4.95. The van der Waals surface area contributed by atoms with Gasteiger partial charge in [0.1, 0.15) is 5.54 Å². The second-order valence-corrected chi connectivity index (χ2v) is 6.90. The van der Waals surface area contributed by atoms with E-state index >= 15 is 0 Å². The Balaban J connectivity index is 2.03. The lowest BCUT2D eigenvalue weighted by Crippen LogP contribution is -2.50. The van der Waals surface area contributed by atoms with Gasteiger partial charge in [-0.25, -0.2) is 0 Å². The SMILES string of the molecule is CCCNC1(C(=O)O)CCC(Sc2ccccc2C)C1. The molecule has 4 heteroatoms. The number of nitrogens with one attached hydrogen (secondary N) is 1. The molecule has 0 aliphatic heterocycles. The van der Waals surface area contributed by atoms with E-state index in [9.17, 15) is 9.90 Å². The van der Waals surface area contributed by atoms with Gasteiger partial charge in [-0.05, 0) is 50.8 Å². The zero-order valence-electron chi connectivity index (χ0n) is 12.2. The summed E-state index contributed by atoms with van der Waals surface area (Å²) in [5.41, 5.74) is 0.558. The first-order valence-electron chi connectivity index (χ1n) is 7.28. The van der Waals surface area contributed by atoms with Crippen LogP contribution in [0.3, 0.4) is 0 Å². The largest absolute Gasteiger partial charge is 0.480 e. The maximum Gasteiger partial charge on any atom is 0.323 e. The summed E-state index contributed by atoms with van der Waals surface area (Å²) >= 11 is 1.83. The first-order chi connectivity index (χ1) is 9.57. The molecular weight excluding hydrogens is 270 g/mol. The van der Waals surface area contributed by atoms with Crippen LogP contribution in [0.4, 0.5) is 0 Å². The van der Waals surface area contributed by atoms with E-state index in [1.165, 1.54) is 10.5 Å². The topological polar surface area (TPSA) is 49.3 Å². The Bertz CT molecular complexity index is 477. The maximum atomic E-state index is 11.6. The molecule has 3 nitrogen and oxygen atoms in total. The van der Waals surface area contributed by atoms with E-state index in [2.05, 4.69) is 31.3 Å². The van der Waals surface area contributed by atoms with E-state index in [4.69, 9.17) is 0 Å². The molecule has 1 aliphatic carbocycles. The minimum atomic E-state index is -0.712. The van der Waals surface area contributed by atoms with Crippen LogP contribution >= 0.6 is 11.8 Å². The number of aliphatic carboxylic acids is 1. The highest BCUT2D eigenvalue weighted by Gasteiger charge is 2.45. The Hall–Kier alpha value is -1.00. The van der Waals surface area contributed by atoms with Crippen LogP contribution in [-0.4, -0.2) is 28.4 Å². The van der Waals surface area contributed by atoms with Gasteiger partial charge < -0.3 is 10.4 Å². The third-order valence-electron chi connectivity index (χ3n) is 3.98. The molecule has 0 aromatic heterocycles. The average Bonchev–Trinajstić information content (AvgIpc) is 2.84. The highest BCUT2D eigenvalue weighted by Crippen LogP contribution is 2.41. The second kappa shape index (κ2) is 6.64. The third-order valence-corrected chi connectivity index (χ3v) is 5.43. The van der Waals surface area contributed by atoms with Crippen molar-refractivity contribution < 1.29 is 9.90 Å². The number of hydrogen-bond acceptors (Lipinski definition) is 3. The average molecular weight is 293 g/mol. The van der Waals surface area contributed by atoms with Crippen LogP contribution in [0.1, 0.15) is 38.2 Å². The van der Waals surface area contributed by atoms with E-state index in [0.29, 0.717) is 11.7 Å². The first kappa shape index (κ1) is 15.4. The van der Waals surface area contributed by atoms with Crippen LogP contribution in [0.5, 0.6) is 0 Å². The number of carboxylic acids is 1. The summed E-state index contributed by atoms with van der Waals surface area (Å²) in [7, 11) is 0. The molecule has 2 unspecified atom stereocenters. The van der Waals surface area contributed by atoms with Crippen LogP contribution in [0, 0.1) is 6.92 Å². The monoisotopic (exact) mass is 293 g/mol. The Morgan fingerprint density at radius 2 is 2.25 bits per heavy atom. The molecule has 0 saturated heterocycles. The molecule has 2 N–H and O–H groups in total. The van der Waals surface area contributed by atoms with Crippen LogP contribution < -0.4 is 5.32 Å². The maximum absolute atomic E-state index is 11.6.